The number of halogens is 1. The van der Waals surface area contributed by atoms with E-state index in [0.29, 0.717) is 6.54 Å². The Morgan fingerprint density at radius 3 is 2.58 bits per heavy atom. The van der Waals surface area contributed by atoms with E-state index >= 15 is 0 Å². The molecule has 0 spiro atoms. The number of hydrogen-bond acceptors (Lipinski definition) is 4. The van der Waals surface area contributed by atoms with Crippen LogP contribution in [0.1, 0.15) is 24.6 Å². The van der Waals surface area contributed by atoms with Gasteiger partial charge in [0.05, 0.1) is 6.04 Å². The molecule has 1 aliphatic rings. The van der Waals surface area contributed by atoms with Crippen LogP contribution in [-0.2, 0) is 0 Å². The van der Waals surface area contributed by atoms with Gasteiger partial charge in [0.15, 0.2) is 4.67 Å². The molecule has 0 aromatic carbocycles. The molecule has 108 valence electrons. The summed E-state index contributed by atoms with van der Waals surface area (Å²) in [5, 5.41) is 0. The van der Waals surface area contributed by atoms with Crippen molar-refractivity contribution in [2.75, 3.05) is 40.3 Å². The first-order valence-electron chi connectivity index (χ1n) is 6.94. The molecule has 4 nitrogen and oxygen atoms in total. The number of nitrogens with two attached hydrogens (primary N) is 1. The maximum atomic E-state index is 5.94. The Kier molecular flexibility index (Phi) is 5.45. The van der Waals surface area contributed by atoms with Crippen LogP contribution in [0.4, 0.5) is 0 Å². The minimum atomic E-state index is 0.214. The Balaban J connectivity index is 1.92. The van der Waals surface area contributed by atoms with E-state index in [2.05, 4.69) is 39.8 Å². The molecule has 1 atom stereocenters. The predicted molar refractivity (Wildman–Crippen MR) is 81.1 cm³/mol. The van der Waals surface area contributed by atoms with E-state index in [0.717, 1.165) is 29.4 Å². The standard InChI is InChI=1S/C14H24BrN3O/c1-17(2)10-11-5-7-18(8-6-11)12(9-16)13-3-4-14(15)19-13/h3-4,11-12H,5-10,16H2,1-2H3. The van der Waals surface area contributed by atoms with E-state index in [1.165, 1.54) is 19.4 Å². The third-order valence-corrected chi connectivity index (χ3v) is 4.29. The van der Waals surface area contributed by atoms with E-state index in [9.17, 15) is 0 Å². The predicted octanol–water partition coefficient (Wildman–Crippen LogP) is 2.32. The van der Waals surface area contributed by atoms with Gasteiger partial charge in [-0.15, -0.1) is 0 Å². The van der Waals surface area contributed by atoms with E-state index in [-0.39, 0.29) is 6.04 Å². The van der Waals surface area contributed by atoms with Crippen molar-refractivity contribution in [3.63, 3.8) is 0 Å². The maximum absolute atomic E-state index is 5.94. The van der Waals surface area contributed by atoms with Gasteiger partial charge in [-0.3, -0.25) is 4.90 Å². The third-order valence-electron chi connectivity index (χ3n) is 3.86. The van der Waals surface area contributed by atoms with Gasteiger partial charge in [0.2, 0.25) is 0 Å². The minimum Gasteiger partial charge on any atom is -0.453 e. The van der Waals surface area contributed by atoms with Gasteiger partial charge >= 0.3 is 0 Å². The summed E-state index contributed by atoms with van der Waals surface area (Å²) in [5.74, 6) is 1.79. The Morgan fingerprint density at radius 1 is 1.42 bits per heavy atom. The summed E-state index contributed by atoms with van der Waals surface area (Å²) >= 11 is 3.36. The van der Waals surface area contributed by atoms with Crippen LogP contribution >= 0.6 is 15.9 Å². The van der Waals surface area contributed by atoms with Crippen LogP contribution in [-0.4, -0.2) is 50.1 Å². The van der Waals surface area contributed by atoms with Crippen molar-refractivity contribution >= 4 is 15.9 Å². The zero-order chi connectivity index (χ0) is 13.8. The topological polar surface area (TPSA) is 45.6 Å². The molecule has 0 aliphatic carbocycles. The molecule has 1 fully saturated rings. The smallest absolute Gasteiger partial charge is 0.169 e. The molecule has 2 rings (SSSR count). The van der Waals surface area contributed by atoms with Gasteiger partial charge in [0.1, 0.15) is 5.76 Å². The Morgan fingerprint density at radius 2 is 2.11 bits per heavy atom. The van der Waals surface area contributed by atoms with Gasteiger partial charge in [-0.25, -0.2) is 0 Å². The molecule has 5 heteroatoms. The van der Waals surface area contributed by atoms with Crippen molar-refractivity contribution in [2.24, 2.45) is 11.7 Å². The number of likely N-dealkylation sites (tertiary alicyclic amines) is 1. The summed E-state index contributed by atoms with van der Waals surface area (Å²) in [7, 11) is 4.30. The number of rotatable bonds is 5. The molecule has 0 saturated carbocycles. The first-order valence-corrected chi connectivity index (χ1v) is 7.73. The van der Waals surface area contributed by atoms with E-state index in [1.807, 2.05) is 12.1 Å². The number of piperidine rings is 1. The van der Waals surface area contributed by atoms with E-state index < -0.39 is 0 Å². The number of furan rings is 1. The van der Waals surface area contributed by atoms with Gasteiger partial charge in [0, 0.05) is 13.1 Å². The highest BCUT2D eigenvalue weighted by molar-refractivity contribution is 9.10. The van der Waals surface area contributed by atoms with Crippen LogP contribution in [0, 0.1) is 5.92 Å². The van der Waals surface area contributed by atoms with Crippen molar-refractivity contribution in [3.05, 3.63) is 22.6 Å². The highest BCUT2D eigenvalue weighted by Gasteiger charge is 2.27. The molecular weight excluding hydrogens is 306 g/mol. The molecule has 1 saturated heterocycles. The van der Waals surface area contributed by atoms with E-state index in [4.69, 9.17) is 10.2 Å². The average molecular weight is 330 g/mol. The fourth-order valence-electron chi connectivity index (χ4n) is 2.92. The summed E-state index contributed by atoms with van der Waals surface area (Å²) in [6.07, 6.45) is 2.49. The summed E-state index contributed by atoms with van der Waals surface area (Å²) in [5.41, 5.74) is 5.94. The van der Waals surface area contributed by atoms with Gasteiger partial charge in [-0.05, 0) is 74.0 Å². The molecular formula is C14H24BrN3O. The Hall–Kier alpha value is -0.360. The molecule has 0 bridgehead atoms. The van der Waals surface area contributed by atoms with Crippen molar-refractivity contribution in [1.82, 2.24) is 9.80 Å². The highest BCUT2D eigenvalue weighted by atomic mass is 79.9. The minimum absolute atomic E-state index is 0.214. The molecule has 1 aromatic rings. The van der Waals surface area contributed by atoms with Crippen molar-refractivity contribution in [3.8, 4) is 0 Å². The van der Waals surface area contributed by atoms with Gasteiger partial charge in [-0.2, -0.15) is 0 Å². The molecule has 0 amide bonds. The van der Waals surface area contributed by atoms with E-state index in [1.54, 1.807) is 0 Å². The fraction of sp³-hybridized carbons (Fsp3) is 0.714. The molecule has 1 unspecified atom stereocenters. The summed E-state index contributed by atoms with van der Waals surface area (Å²) < 4.78 is 6.45. The van der Waals surface area contributed by atoms with Crippen molar-refractivity contribution in [1.29, 1.82) is 0 Å². The Labute approximate surface area is 124 Å². The van der Waals surface area contributed by atoms with Crippen molar-refractivity contribution < 1.29 is 4.42 Å². The summed E-state index contributed by atoms with van der Waals surface area (Å²) in [6, 6.07) is 4.18. The number of nitrogens with zero attached hydrogens (tertiary/aromatic N) is 2. The second-order valence-corrected chi connectivity index (χ2v) is 6.42. The molecule has 2 N–H and O–H groups in total. The van der Waals surface area contributed by atoms with Crippen LogP contribution in [0.25, 0.3) is 0 Å². The lowest BCUT2D eigenvalue weighted by atomic mass is 9.95. The lowest BCUT2D eigenvalue weighted by Gasteiger charge is -2.37. The molecule has 1 aromatic heterocycles. The van der Waals surface area contributed by atoms with Gasteiger partial charge in [0.25, 0.3) is 0 Å². The first kappa shape index (κ1) is 15.0. The summed E-state index contributed by atoms with van der Waals surface area (Å²) in [4.78, 5) is 4.74. The first-order chi connectivity index (χ1) is 9.10. The zero-order valence-electron chi connectivity index (χ0n) is 11.8. The maximum Gasteiger partial charge on any atom is 0.169 e. The largest absolute Gasteiger partial charge is 0.453 e. The lowest BCUT2D eigenvalue weighted by molar-refractivity contribution is 0.111. The zero-order valence-corrected chi connectivity index (χ0v) is 13.4. The van der Waals surface area contributed by atoms with Crippen LogP contribution in [0.2, 0.25) is 0 Å². The quantitative estimate of drug-likeness (QED) is 0.900. The number of hydrogen-bond donors (Lipinski definition) is 1. The second-order valence-electron chi connectivity index (χ2n) is 5.63. The summed E-state index contributed by atoms with van der Waals surface area (Å²) in [6.45, 7) is 4.02. The Bertz CT molecular complexity index is 386. The normalized spacial score (nSPS) is 20.1. The van der Waals surface area contributed by atoms with Gasteiger partial charge < -0.3 is 15.1 Å². The lowest BCUT2D eigenvalue weighted by Crippen LogP contribution is -2.41. The van der Waals surface area contributed by atoms with Crippen LogP contribution in [0.5, 0.6) is 0 Å². The van der Waals surface area contributed by atoms with Crippen LogP contribution in [0.15, 0.2) is 21.2 Å². The second kappa shape index (κ2) is 6.88. The average Bonchev–Trinajstić information content (AvgIpc) is 2.78. The third kappa shape index (κ3) is 4.05. The molecule has 1 aliphatic heterocycles. The SMILES string of the molecule is CN(C)CC1CCN(C(CN)c2ccc(Br)o2)CC1. The molecule has 0 radical (unpaired) electrons. The van der Waals surface area contributed by atoms with Crippen LogP contribution < -0.4 is 5.73 Å². The monoisotopic (exact) mass is 329 g/mol. The van der Waals surface area contributed by atoms with Gasteiger partial charge in [-0.1, -0.05) is 0 Å². The highest BCUT2D eigenvalue weighted by Crippen LogP contribution is 2.28. The van der Waals surface area contributed by atoms with Crippen LogP contribution in [0.3, 0.4) is 0 Å². The molecule has 19 heavy (non-hydrogen) atoms. The van der Waals surface area contributed by atoms with Crippen molar-refractivity contribution in [2.45, 2.75) is 18.9 Å². The molecule has 2 heterocycles. The fourth-order valence-corrected chi connectivity index (χ4v) is 3.24.